The Labute approximate surface area is 98.9 Å². The minimum atomic E-state index is 0.0876. The highest BCUT2D eigenvalue weighted by atomic mass is 15.2. The number of allylic oxidation sites excluding steroid dienone is 1. The van der Waals surface area contributed by atoms with E-state index in [9.17, 15) is 0 Å². The van der Waals surface area contributed by atoms with Crippen LogP contribution >= 0.6 is 0 Å². The lowest BCUT2D eigenvalue weighted by atomic mass is 9.81. The zero-order valence-corrected chi connectivity index (χ0v) is 11.1. The smallest absolute Gasteiger partial charge is 0.113 e. The molecule has 0 aromatic rings. The van der Waals surface area contributed by atoms with Crippen molar-refractivity contribution in [1.82, 2.24) is 10.2 Å². The molecule has 90 valence electrons. The van der Waals surface area contributed by atoms with Crippen molar-refractivity contribution in [3.05, 3.63) is 24.0 Å². The predicted molar refractivity (Wildman–Crippen MR) is 70.4 cm³/mol. The van der Waals surface area contributed by atoms with Gasteiger partial charge in [0.2, 0.25) is 0 Å². The zero-order chi connectivity index (χ0) is 12.3. The summed E-state index contributed by atoms with van der Waals surface area (Å²) >= 11 is 0. The molecule has 3 nitrogen and oxygen atoms in total. The molecule has 0 amide bonds. The Morgan fingerprint density at radius 1 is 1.62 bits per heavy atom. The number of nitrogens with zero attached hydrogens (tertiary/aromatic N) is 2. The Kier molecular flexibility index (Phi) is 3.92. The summed E-state index contributed by atoms with van der Waals surface area (Å²) in [7, 11) is 3.78. The Bertz CT molecular complexity index is 337. The molecule has 1 aliphatic rings. The van der Waals surface area contributed by atoms with E-state index in [1.165, 1.54) is 5.57 Å². The van der Waals surface area contributed by atoms with Crippen molar-refractivity contribution in [2.24, 2.45) is 10.4 Å². The maximum absolute atomic E-state index is 4.43. The molecule has 3 heteroatoms. The van der Waals surface area contributed by atoms with Crippen LogP contribution in [0.4, 0.5) is 0 Å². The van der Waals surface area contributed by atoms with Crippen LogP contribution in [0.5, 0.6) is 0 Å². The number of amidine groups is 1. The van der Waals surface area contributed by atoms with Crippen molar-refractivity contribution in [3.63, 3.8) is 0 Å². The Balaban J connectivity index is 3.06. The van der Waals surface area contributed by atoms with Crippen LogP contribution in [0.25, 0.3) is 0 Å². The molecule has 1 N–H and O–H groups in total. The third kappa shape index (κ3) is 2.53. The SMILES string of the molecule is C=C(CNC)N1C=C(C)CC(C)(C)C1=NC. The van der Waals surface area contributed by atoms with Gasteiger partial charge in [0, 0.05) is 30.9 Å². The second-order valence-corrected chi connectivity index (χ2v) is 5.05. The molecule has 0 unspecified atom stereocenters. The fourth-order valence-corrected chi connectivity index (χ4v) is 2.37. The van der Waals surface area contributed by atoms with E-state index in [1.54, 1.807) is 0 Å². The third-order valence-electron chi connectivity index (χ3n) is 2.84. The van der Waals surface area contributed by atoms with E-state index in [2.05, 4.69) is 48.8 Å². The van der Waals surface area contributed by atoms with E-state index >= 15 is 0 Å². The molecule has 0 spiro atoms. The highest BCUT2D eigenvalue weighted by Crippen LogP contribution is 2.34. The second-order valence-electron chi connectivity index (χ2n) is 5.05. The Morgan fingerprint density at radius 3 is 2.75 bits per heavy atom. The maximum Gasteiger partial charge on any atom is 0.113 e. The van der Waals surface area contributed by atoms with Gasteiger partial charge in [-0.25, -0.2) is 0 Å². The molecule has 1 rings (SSSR count). The quantitative estimate of drug-likeness (QED) is 0.792. The van der Waals surface area contributed by atoms with Crippen molar-refractivity contribution < 1.29 is 0 Å². The van der Waals surface area contributed by atoms with Crippen LogP contribution in [0.3, 0.4) is 0 Å². The lowest BCUT2D eigenvalue weighted by Crippen LogP contribution is -2.42. The lowest BCUT2D eigenvalue weighted by Gasteiger charge is -2.39. The van der Waals surface area contributed by atoms with Gasteiger partial charge in [-0.15, -0.1) is 0 Å². The fourth-order valence-electron chi connectivity index (χ4n) is 2.37. The molecule has 0 radical (unpaired) electrons. The molecule has 0 atom stereocenters. The summed E-state index contributed by atoms with van der Waals surface area (Å²) in [5.41, 5.74) is 2.49. The predicted octanol–water partition coefficient (Wildman–Crippen LogP) is 2.38. The number of hydrogen-bond donors (Lipinski definition) is 1. The minimum Gasteiger partial charge on any atom is -0.314 e. The number of aliphatic imine (C=N–C) groups is 1. The summed E-state index contributed by atoms with van der Waals surface area (Å²) in [6.45, 7) is 11.5. The molecule has 0 bridgehead atoms. The van der Waals surface area contributed by atoms with Gasteiger partial charge in [0.05, 0.1) is 0 Å². The van der Waals surface area contributed by atoms with Crippen molar-refractivity contribution in [1.29, 1.82) is 0 Å². The van der Waals surface area contributed by atoms with Crippen molar-refractivity contribution in [3.8, 4) is 0 Å². The van der Waals surface area contributed by atoms with Gasteiger partial charge in [0.1, 0.15) is 5.84 Å². The number of hydrogen-bond acceptors (Lipinski definition) is 2. The molecule has 0 aromatic heterocycles. The number of rotatable bonds is 3. The van der Waals surface area contributed by atoms with Gasteiger partial charge in [-0.1, -0.05) is 26.0 Å². The Morgan fingerprint density at radius 2 is 2.25 bits per heavy atom. The van der Waals surface area contributed by atoms with Crippen LogP contribution in [0, 0.1) is 5.41 Å². The van der Waals surface area contributed by atoms with Crippen LogP contribution in [-0.2, 0) is 0 Å². The minimum absolute atomic E-state index is 0.0876. The molecule has 0 fully saturated rings. The summed E-state index contributed by atoms with van der Waals surface area (Å²) in [5.74, 6) is 1.10. The first kappa shape index (κ1) is 13.0. The fraction of sp³-hybridized carbons (Fsp3) is 0.615. The average molecular weight is 221 g/mol. The van der Waals surface area contributed by atoms with Crippen LogP contribution in [0.15, 0.2) is 29.0 Å². The largest absolute Gasteiger partial charge is 0.314 e. The van der Waals surface area contributed by atoms with Gasteiger partial charge >= 0.3 is 0 Å². The van der Waals surface area contributed by atoms with E-state index in [4.69, 9.17) is 0 Å². The van der Waals surface area contributed by atoms with E-state index < -0.39 is 0 Å². The van der Waals surface area contributed by atoms with Gasteiger partial charge < -0.3 is 10.2 Å². The summed E-state index contributed by atoms with van der Waals surface area (Å²) in [6.07, 6.45) is 3.20. The highest BCUT2D eigenvalue weighted by Gasteiger charge is 2.33. The summed E-state index contributed by atoms with van der Waals surface area (Å²) in [5, 5.41) is 3.13. The molecule has 16 heavy (non-hydrogen) atoms. The third-order valence-corrected chi connectivity index (χ3v) is 2.84. The lowest BCUT2D eigenvalue weighted by molar-refractivity contribution is 0.425. The van der Waals surface area contributed by atoms with E-state index in [0.717, 1.165) is 24.5 Å². The van der Waals surface area contributed by atoms with Gasteiger partial charge in [-0.2, -0.15) is 0 Å². The first-order chi connectivity index (χ1) is 7.42. The molecule has 0 aromatic carbocycles. The topological polar surface area (TPSA) is 27.6 Å². The summed E-state index contributed by atoms with van der Waals surface area (Å²) in [6, 6.07) is 0. The normalized spacial score (nSPS) is 22.2. The standard InChI is InChI=1S/C13H23N3/c1-10-7-13(3,4)12(15-6)16(9-10)11(2)8-14-5/h9,14H,2,7-8H2,1,3-6H3. The van der Waals surface area contributed by atoms with Gasteiger partial charge in [-0.05, 0) is 20.4 Å². The van der Waals surface area contributed by atoms with Crippen LogP contribution in [0.1, 0.15) is 27.2 Å². The van der Waals surface area contributed by atoms with E-state index in [-0.39, 0.29) is 5.41 Å². The van der Waals surface area contributed by atoms with Gasteiger partial charge in [-0.3, -0.25) is 4.99 Å². The number of nitrogens with one attached hydrogen (secondary N) is 1. The van der Waals surface area contributed by atoms with Crippen molar-refractivity contribution in [2.75, 3.05) is 20.6 Å². The molecular weight excluding hydrogens is 198 g/mol. The summed E-state index contributed by atoms with van der Waals surface area (Å²) in [4.78, 5) is 6.55. The van der Waals surface area contributed by atoms with Gasteiger partial charge in [0.15, 0.2) is 0 Å². The van der Waals surface area contributed by atoms with Crippen LogP contribution in [-0.4, -0.2) is 31.4 Å². The number of likely N-dealkylation sites (N-methyl/N-ethyl adjacent to an activating group) is 1. The monoisotopic (exact) mass is 221 g/mol. The Hall–Kier alpha value is -1.09. The molecule has 0 aliphatic carbocycles. The molecule has 1 aliphatic heterocycles. The average Bonchev–Trinajstić information content (AvgIpc) is 2.15. The van der Waals surface area contributed by atoms with Crippen molar-refractivity contribution in [2.45, 2.75) is 27.2 Å². The first-order valence-corrected chi connectivity index (χ1v) is 5.68. The van der Waals surface area contributed by atoms with Crippen molar-refractivity contribution >= 4 is 5.84 Å². The molecule has 0 saturated heterocycles. The van der Waals surface area contributed by atoms with Gasteiger partial charge in [0.25, 0.3) is 0 Å². The summed E-state index contributed by atoms with van der Waals surface area (Å²) < 4.78 is 0. The van der Waals surface area contributed by atoms with Crippen LogP contribution < -0.4 is 5.32 Å². The molecular formula is C13H23N3. The first-order valence-electron chi connectivity index (χ1n) is 5.68. The molecule has 0 saturated carbocycles. The van der Waals surface area contributed by atoms with E-state index in [1.807, 2.05) is 14.1 Å². The van der Waals surface area contributed by atoms with Crippen LogP contribution in [0.2, 0.25) is 0 Å². The van der Waals surface area contributed by atoms with E-state index in [0.29, 0.717) is 0 Å². The zero-order valence-electron chi connectivity index (χ0n) is 11.1. The maximum atomic E-state index is 4.43. The molecule has 1 heterocycles. The second kappa shape index (κ2) is 4.83. The highest BCUT2D eigenvalue weighted by molar-refractivity contribution is 5.91.